The fraction of sp³-hybridized carbons (Fsp3) is 0.417. The molecule has 2 heterocycles. The van der Waals surface area contributed by atoms with Gasteiger partial charge in [0.05, 0.1) is 6.20 Å². The molecule has 4 amide bonds. The van der Waals surface area contributed by atoms with Crippen LogP contribution in [-0.2, 0) is 38.3 Å². The van der Waals surface area contributed by atoms with Crippen LogP contribution in [0.4, 0.5) is 13.6 Å². The molecule has 1 unspecified atom stereocenters. The standard InChI is InChI=1S/C36H39F2N5O5/c1-35(2,3)48-32(45)15-22-7-12-27(13-8-22)42(19-23-5-10-26(37)11-6-23)31(44)21-43-33(46)36(40-34(43)47)17-30(38)28-16-24(9-14-29(28)36)25-18-39-41(4)20-25/h5-6,9-11,14-16,18,20,27,30H,7-8,12-13,17,19,21H2,1-4H3,(H,40,47)/t27?,30-,36?/m1/s1. The lowest BCUT2D eigenvalue weighted by atomic mass is 9.89. The van der Waals surface area contributed by atoms with Gasteiger partial charge in [-0.05, 0) is 86.9 Å². The number of carbonyl (C=O) groups is 4. The summed E-state index contributed by atoms with van der Waals surface area (Å²) in [5.41, 5.74) is 1.58. The molecule has 1 aromatic heterocycles. The molecule has 3 aromatic rings. The molecule has 6 rings (SSSR count). The van der Waals surface area contributed by atoms with Crippen LogP contribution in [-0.4, -0.2) is 61.6 Å². The second-order valence-corrected chi connectivity index (χ2v) is 13.8. The Hall–Kier alpha value is -4.87. The Balaban J connectivity index is 1.21. The molecule has 252 valence electrons. The number of ether oxygens (including phenoxy) is 1. The first kappa shape index (κ1) is 33.0. The molecule has 12 heteroatoms. The first-order valence-corrected chi connectivity index (χ1v) is 16.1. The number of esters is 1. The highest BCUT2D eigenvalue weighted by atomic mass is 19.1. The van der Waals surface area contributed by atoms with Crippen LogP contribution in [0.15, 0.2) is 66.5 Å². The molecular formula is C36H39F2N5O5. The average molecular weight is 660 g/mol. The van der Waals surface area contributed by atoms with E-state index in [-0.39, 0.29) is 19.0 Å². The lowest BCUT2D eigenvalue weighted by Gasteiger charge is -2.36. The number of carbonyl (C=O) groups excluding carboxylic acids is 4. The number of rotatable bonds is 7. The maximum absolute atomic E-state index is 15.6. The van der Waals surface area contributed by atoms with Crippen molar-refractivity contribution < 1.29 is 32.7 Å². The minimum atomic E-state index is -1.62. The van der Waals surface area contributed by atoms with Gasteiger partial charge < -0.3 is 15.0 Å². The second kappa shape index (κ2) is 12.6. The smallest absolute Gasteiger partial charge is 0.331 e. The molecule has 2 fully saturated rings. The third-order valence-electron chi connectivity index (χ3n) is 9.19. The van der Waals surface area contributed by atoms with Crippen molar-refractivity contribution in [3.63, 3.8) is 0 Å². The molecule has 1 saturated heterocycles. The number of allylic oxidation sites excluding steroid dienone is 1. The van der Waals surface area contributed by atoms with Gasteiger partial charge in [-0.1, -0.05) is 29.8 Å². The molecule has 1 N–H and O–H groups in total. The second-order valence-electron chi connectivity index (χ2n) is 13.8. The summed E-state index contributed by atoms with van der Waals surface area (Å²) >= 11 is 0. The van der Waals surface area contributed by atoms with Gasteiger partial charge in [0.1, 0.15) is 29.7 Å². The van der Waals surface area contributed by atoms with Crippen molar-refractivity contribution in [2.24, 2.45) is 7.05 Å². The number of imide groups is 1. The number of aryl methyl sites for hydroxylation is 1. The third-order valence-corrected chi connectivity index (χ3v) is 9.19. The van der Waals surface area contributed by atoms with E-state index in [9.17, 15) is 23.6 Å². The highest BCUT2D eigenvalue weighted by Crippen LogP contribution is 2.49. The van der Waals surface area contributed by atoms with E-state index in [4.69, 9.17) is 4.74 Å². The van der Waals surface area contributed by atoms with E-state index in [2.05, 4.69) is 10.4 Å². The van der Waals surface area contributed by atoms with Gasteiger partial charge >= 0.3 is 12.0 Å². The summed E-state index contributed by atoms with van der Waals surface area (Å²) in [5, 5.41) is 6.89. The van der Waals surface area contributed by atoms with E-state index in [1.807, 2.05) is 0 Å². The van der Waals surface area contributed by atoms with Gasteiger partial charge in [0, 0.05) is 43.9 Å². The molecule has 2 atom stereocenters. The Morgan fingerprint density at radius 2 is 1.81 bits per heavy atom. The van der Waals surface area contributed by atoms with Crippen molar-refractivity contribution >= 4 is 23.8 Å². The first-order chi connectivity index (χ1) is 22.7. The lowest BCUT2D eigenvalue weighted by molar-refractivity contribution is -0.148. The average Bonchev–Trinajstić information content (AvgIpc) is 3.65. The van der Waals surface area contributed by atoms with Crippen molar-refractivity contribution in [2.45, 2.75) is 82.8 Å². The third kappa shape index (κ3) is 6.61. The molecule has 10 nitrogen and oxygen atoms in total. The maximum Gasteiger partial charge on any atom is 0.331 e. The minimum Gasteiger partial charge on any atom is -0.457 e. The number of benzene rings is 2. The number of hydrogen-bond acceptors (Lipinski definition) is 6. The number of nitrogens with zero attached hydrogens (tertiary/aromatic N) is 4. The van der Waals surface area contributed by atoms with Crippen LogP contribution in [0.25, 0.3) is 11.1 Å². The predicted molar refractivity (Wildman–Crippen MR) is 172 cm³/mol. The summed E-state index contributed by atoms with van der Waals surface area (Å²) in [6.45, 7) is 5.00. The Bertz CT molecular complexity index is 1790. The van der Waals surface area contributed by atoms with E-state index in [1.165, 1.54) is 18.2 Å². The van der Waals surface area contributed by atoms with Gasteiger partial charge in [-0.3, -0.25) is 19.2 Å². The van der Waals surface area contributed by atoms with Gasteiger partial charge in [0.25, 0.3) is 5.91 Å². The number of halogens is 2. The van der Waals surface area contributed by atoms with E-state index in [1.54, 1.807) is 80.1 Å². The zero-order chi connectivity index (χ0) is 34.4. The van der Waals surface area contributed by atoms with Gasteiger partial charge in [-0.25, -0.2) is 18.4 Å². The number of hydrogen-bond donors (Lipinski definition) is 1. The lowest BCUT2D eigenvalue weighted by Crippen LogP contribution is -2.48. The number of amides is 4. The summed E-state index contributed by atoms with van der Waals surface area (Å²) in [7, 11) is 1.78. The molecule has 1 saturated carbocycles. The molecular weight excluding hydrogens is 620 g/mol. The number of alkyl halides is 1. The van der Waals surface area contributed by atoms with Crippen LogP contribution in [0.5, 0.6) is 0 Å². The van der Waals surface area contributed by atoms with Crippen molar-refractivity contribution in [2.75, 3.05) is 6.54 Å². The Morgan fingerprint density at radius 3 is 2.46 bits per heavy atom. The topological polar surface area (TPSA) is 114 Å². The normalized spacial score (nSPS) is 22.1. The van der Waals surface area contributed by atoms with E-state index in [0.717, 1.165) is 21.6 Å². The Morgan fingerprint density at radius 1 is 1.10 bits per heavy atom. The SMILES string of the molecule is Cn1cc(-c2ccc3c(c2)[C@H](F)CC32NC(=O)N(CC(=O)N(Cc3ccc(F)cc3)C3CCC(=CC(=O)OC(C)(C)C)CC3)C2=O)cn1. The van der Waals surface area contributed by atoms with Crippen LogP contribution >= 0.6 is 0 Å². The Labute approximate surface area is 277 Å². The largest absolute Gasteiger partial charge is 0.457 e. The van der Waals surface area contributed by atoms with Crippen LogP contribution in [0.1, 0.15) is 75.7 Å². The number of nitrogens with one attached hydrogen (secondary N) is 1. The molecule has 0 bridgehead atoms. The van der Waals surface area contributed by atoms with Crippen LogP contribution < -0.4 is 5.32 Å². The van der Waals surface area contributed by atoms with Gasteiger partial charge in [0.2, 0.25) is 5.91 Å². The predicted octanol–water partition coefficient (Wildman–Crippen LogP) is 5.63. The minimum absolute atomic E-state index is 0.135. The highest BCUT2D eigenvalue weighted by molar-refractivity contribution is 6.10. The Kier molecular flexibility index (Phi) is 8.69. The van der Waals surface area contributed by atoms with Crippen LogP contribution in [0.2, 0.25) is 0 Å². The van der Waals surface area contributed by atoms with Crippen molar-refractivity contribution in [3.8, 4) is 11.1 Å². The van der Waals surface area contributed by atoms with Gasteiger partial charge in [-0.15, -0.1) is 0 Å². The zero-order valence-corrected chi connectivity index (χ0v) is 27.5. The number of fused-ring (bicyclic) bond motifs is 2. The fourth-order valence-corrected chi connectivity index (χ4v) is 6.90. The fourth-order valence-electron chi connectivity index (χ4n) is 6.90. The van der Waals surface area contributed by atoms with Crippen LogP contribution in [0.3, 0.4) is 0 Å². The summed E-state index contributed by atoms with van der Waals surface area (Å²) in [6.07, 6.45) is 5.40. The summed E-state index contributed by atoms with van der Waals surface area (Å²) in [6, 6.07) is 9.88. The highest BCUT2D eigenvalue weighted by Gasteiger charge is 2.58. The summed E-state index contributed by atoms with van der Waals surface area (Å²) in [4.78, 5) is 56.2. The molecule has 0 radical (unpaired) electrons. The maximum atomic E-state index is 15.6. The van der Waals surface area contributed by atoms with E-state index in [0.29, 0.717) is 42.4 Å². The number of urea groups is 1. The summed E-state index contributed by atoms with van der Waals surface area (Å²) < 4.78 is 36.3. The number of aromatic nitrogens is 2. The van der Waals surface area contributed by atoms with Crippen molar-refractivity contribution in [1.29, 1.82) is 0 Å². The van der Waals surface area contributed by atoms with Crippen molar-refractivity contribution in [1.82, 2.24) is 24.9 Å². The van der Waals surface area contributed by atoms with E-state index >= 15 is 4.39 Å². The first-order valence-electron chi connectivity index (χ1n) is 16.1. The molecule has 2 aliphatic carbocycles. The van der Waals surface area contributed by atoms with Crippen molar-refractivity contribution in [3.05, 3.63) is 89.0 Å². The molecule has 1 aliphatic heterocycles. The molecule has 2 aromatic carbocycles. The van der Waals surface area contributed by atoms with Gasteiger partial charge in [0.15, 0.2) is 0 Å². The quantitative estimate of drug-likeness (QED) is 0.200. The van der Waals surface area contributed by atoms with E-state index < -0.39 is 53.5 Å². The zero-order valence-electron chi connectivity index (χ0n) is 27.5. The van der Waals surface area contributed by atoms with Crippen LogP contribution in [0, 0.1) is 5.82 Å². The molecule has 1 spiro atoms. The van der Waals surface area contributed by atoms with Gasteiger partial charge in [-0.2, -0.15) is 5.10 Å². The molecule has 48 heavy (non-hydrogen) atoms. The summed E-state index contributed by atoms with van der Waals surface area (Å²) in [5.74, 6) is -1.97. The molecule has 3 aliphatic rings. The monoisotopic (exact) mass is 659 g/mol.